The number of nitrogens with two attached hydrogens (primary N) is 1. The van der Waals surface area contributed by atoms with Crippen LogP contribution in [0.5, 0.6) is 5.75 Å². The number of amides is 2. The van der Waals surface area contributed by atoms with Crippen molar-refractivity contribution >= 4 is 11.8 Å². The summed E-state index contributed by atoms with van der Waals surface area (Å²) < 4.78 is 5.94. The van der Waals surface area contributed by atoms with Crippen molar-refractivity contribution < 1.29 is 14.3 Å². The smallest absolute Gasteiger partial charge is 0.242 e. The maximum absolute atomic E-state index is 12.7. The first kappa shape index (κ1) is 28.4. The van der Waals surface area contributed by atoms with Crippen LogP contribution in [0.25, 0.3) is 0 Å². The number of nitriles is 1. The highest BCUT2D eigenvalue weighted by atomic mass is 16.5. The second-order valence-corrected chi connectivity index (χ2v) is 9.55. The molecule has 2 amide bonds. The zero-order valence-electron chi connectivity index (χ0n) is 22.3. The largest absolute Gasteiger partial charge is 0.489 e. The molecule has 38 heavy (non-hydrogen) atoms. The predicted octanol–water partition coefficient (Wildman–Crippen LogP) is 3.88. The average molecular weight is 513 g/mol. The van der Waals surface area contributed by atoms with Crippen LogP contribution in [-0.4, -0.2) is 30.4 Å². The average Bonchev–Trinajstić information content (AvgIpc) is 2.92. The Bertz CT molecular complexity index is 1240. The van der Waals surface area contributed by atoms with Crippen molar-refractivity contribution in [1.29, 1.82) is 5.26 Å². The van der Waals surface area contributed by atoms with Crippen molar-refractivity contribution in [3.8, 4) is 11.8 Å². The molecule has 0 unspecified atom stereocenters. The Hall–Kier alpha value is -4.15. The second kappa shape index (κ2) is 14.0. The molecule has 0 saturated heterocycles. The normalized spacial score (nSPS) is 12.2. The summed E-state index contributed by atoms with van der Waals surface area (Å²) in [7, 11) is 0. The number of nitrogens with one attached hydrogen (secondary N) is 2. The molecule has 0 spiro atoms. The third kappa shape index (κ3) is 8.46. The summed E-state index contributed by atoms with van der Waals surface area (Å²) >= 11 is 0. The Kier molecular flexibility index (Phi) is 10.4. The van der Waals surface area contributed by atoms with Crippen molar-refractivity contribution in [2.75, 3.05) is 6.54 Å². The third-order valence-corrected chi connectivity index (χ3v) is 6.46. The number of hydrogen-bond donors (Lipinski definition) is 3. The highest BCUT2D eigenvalue weighted by Crippen LogP contribution is 2.24. The summed E-state index contributed by atoms with van der Waals surface area (Å²) in [6.45, 7) is 6.52. The molecule has 7 nitrogen and oxygen atoms in total. The number of ether oxygens (including phenoxy) is 1. The van der Waals surface area contributed by atoms with E-state index in [0.717, 1.165) is 40.8 Å². The molecule has 0 heterocycles. The Morgan fingerprint density at radius 3 is 2.26 bits per heavy atom. The van der Waals surface area contributed by atoms with Crippen molar-refractivity contribution in [2.24, 2.45) is 5.73 Å². The molecular formula is C31H36N4O3. The van der Waals surface area contributed by atoms with E-state index in [1.54, 1.807) is 19.1 Å². The van der Waals surface area contributed by atoms with Gasteiger partial charge in [-0.25, -0.2) is 0 Å². The van der Waals surface area contributed by atoms with Gasteiger partial charge in [-0.2, -0.15) is 5.26 Å². The first-order chi connectivity index (χ1) is 18.3. The summed E-state index contributed by atoms with van der Waals surface area (Å²) in [4.78, 5) is 25.1. The van der Waals surface area contributed by atoms with Crippen molar-refractivity contribution in [1.82, 2.24) is 10.6 Å². The summed E-state index contributed by atoms with van der Waals surface area (Å²) in [6.07, 6.45) is 2.05. The number of carbonyl (C=O) groups excluding carboxylic acids is 2. The number of aryl methyl sites for hydroxylation is 3. The quantitative estimate of drug-likeness (QED) is 0.319. The summed E-state index contributed by atoms with van der Waals surface area (Å²) in [5.41, 5.74) is 12.0. The highest BCUT2D eigenvalue weighted by Gasteiger charge is 2.21. The topological polar surface area (TPSA) is 117 Å². The fourth-order valence-electron chi connectivity index (χ4n) is 4.20. The number of benzene rings is 3. The van der Waals surface area contributed by atoms with Crippen LogP contribution in [-0.2, 0) is 29.0 Å². The van der Waals surface area contributed by atoms with Gasteiger partial charge < -0.3 is 21.1 Å². The molecule has 7 heteroatoms. The molecule has 0 aliphatic heterocycles. The van der Waals surface area contributed by atoms with Crippen LogP contribution in [0.3, 0.4) is 0 Å². The number of nitrogens with zero attached hydrogens (tertiary/aromatic N) is 1. The molecule has 0 aromatic heterocycles. The van der Waals surface area contributed by atoms with E-state index in [-0.39, 0.29) is 11.8 Å². The zero-order valence-corrected chi connectivity index (χ0v) is 22.3. The summed E-state index contributed by atoms with van der Waals surface area (Å²) in [5.74, 6) is 0.135. The van der Waals surface area contributed by atoms with Gasteiger partial charge in [-0.1, -0.05) is 42.5 Å². The first-order valence-electron chi connectivity index (χ1n) is 12.9. The van der Waals surface area contributed by atoms with Crippen molar-refractivity contribution in [3.63, 3.8) is 0 Å². The van der Waals surface area contributed by atoms with Crippen LogP contribution in [0.1, 0.15) is 46.7 Å². The van der Waals surface area contributed by atoms with E-state index in [1.807, 2.05) is 56.3 Å². The molecule has 3 rings (SSSR count). The van der Waals surface area contributed by atoms with E-state index in [0.29, 0.717) is 25.1 Å². The van der Waals surface area contributed by atoms with E-state index < -0.39 is 12.1 Å². The zero-order chi connectivity index (χ0) is 27.5. The lowest BCUT2D eigenvalue weighted by Crippen LogP contribution is -2.51. The van der Waals surface area contributed by atoms with Gasteiger partial charge in [-0.15, -0.1) is 0 Å². The molecule has 0 aliphatic carbocycles. The summed E-state index contributed by atoms with van der Waals surface area (Å²) in [5, 5.41) is 14.5. The van der Waals surface area contributed by atoms with Gasteiger partial charge in [0.25, 0.3) is 0 Å². The standard InChI is InChI=1S/C31H36N4O3/c1-21-16-27(38-20-26-13-11-25(19-32)12-14-26)17-22(2)28(21)18-29(33)31(37)35-23(3)30(36)34-15-7-10-24-8-5-4-6-9-24/h4-6,8-9,11-14,16-17,23,29H,7,10,15,18,20,33H2,1-3H3,(H,34,36)(H,35,37)/t23-,29+/m1/s1. The van der Waals surface area contributed by atoms with Crippen molar-refractivity contribution in [2.45, 2.75) is 58.7 Å². The maximum Gasteiger partial charge on any atom is 0.242 e. The van der Waals surface area contributed by atoms with Gasteiger partial charge in [0.15, 0.2) is 0 Å². The lowest BCUT2D eigenvalue weighted by molar-refractivity contribution is -0.129. The van der Waals surface area contributed by atoms with E-state index >= 15 is 0 Å². The van der Waals surface area contributed by atoms with Crippen LogP contribution in [0.15, 0.2) is 66.7 Å². The molecule has 3 aromatic carbocycles. The molecule has 0 bridgehead atoms. The van der Waals surface area contributed by atoms with E-state index in [1.165, 1.54) is 5.56 Å². The van der Waals surface area contributed by atoms with Gasteiger partial charge in [0.1, 0.15) is 18.4 Å². The van der Waals surface area contributed by atoms with Crippen LogP contribution >= 0.6 is 0 Å². The Labute approximate surface area is 225 Å². The van der Waals surface area contributed by atoms with Gasteiger partial charge in [-0.05, 0) is 92.1 Å². The van der Waals surface area contributed by atoms with E-state index in [9.17, 15) is 9.59 Å². The minimum atomic E-state index is -0.786. The fourth-order valence-corrected chi connectivity index (χ4v) is 4.20. The molecule has 0 aliphatic rings. The van der Waals surface area contributed by atoms with Gasteiger partial charge >= 0.3 is 0 Å². The molecule has 0 radical (unpaired) electrons. The van der Waals surface area contributed by atoms with Gasteiger partial charge in [-0.3, -0.25) is 9.59 Å². The van der Waals surface area contributed by atoms with Crippen molar-refractivity contribution in [3.05, 3.63) is 100 Å². The lowest BCUT2D eigenvalue weighted by Gasteiger charge is -2.19. The molecule has 0 fully saturated rings. The SMILES string of the molecule is Cc1cc(OCc2ccc(C#N)cc2)cc(C)c1C[C@H](N)C(=O)N[C@H](C)C(=O)NCCCc1ccccc1. The second-order valence-electron chi connectivity index (χ2n) is 9.55. The fraction of sp³-hybridized carbons (Fsp3) is 0.323. The Balaban J connectivity index is 1.46. The first-order valence-corrected chi connectivity index (χ1v) is 12.9. The monoisotopic (exact) mass is 512 g/mol. The van der Waals surface area contributed by atoms with Gasteiger partial charge in [0.2, 0.25) is 11.8 Å². The Morgan fingerprint density at radius 2 is 1.63 bits per heavy atom. The van der Waals surface area contributed by atoms with Gasteiger partial charge in [0, 0.05) is 6.54 Å². The number of carbonyl (C=O) groups is 2. The summed E-state index contributed by atoms with van der Waals surface area (Å²) in [6, 6.07) is 21.9. The number of hydrogen-bond acceptors (Lipinski definition) is 5. The molecule has 0 saturated carbocycles. The van der Waals surface area contributed by atoms with Crippen LogP contribution in [0, 0.1) is 25.2 Å². The molecule has 4 N–H and O–H groups in total. The number of rotatable bonds is 12. The maximum atomic E-state index is 12.7. The third-order valence-electron chi connectivity index (χ3n) is 6.46. The van der Waals surface area contributed by atoms with Crippen LogP contribution in [0.4, 0.5) is 0 Å². The lowest BCUT2D eigenvalue weighted by atomic mass is 9.96. The van der Waals surface area contributed by atoms with Gasteiger partial charge in [0.05, 0.1) is 17.7 Å². The van der Waals surface area contributed by atoms with Crippen LogP contribution in [0.2, 0.25) is 0 Å². The highest BCUT2D eigenvalue weighted by molar-refractivity contribution is 5.89. The van der Waals surface area contributed by atoms with E-state index in [4.69, 9.17) is 15.7 Å². The van der Waals surface area contributed by atoms with Crippen LogP contribution < -0.4 is 21.1 Å². The minimum absolute atomic E-state index is 0.227. The molecular weight excluding hydrogens is 476 g/mol. The molecule has 198 valence electrons. The predicted molar refractivity (Wildman–Crippen MR) is 148 cm³/mol. The molecule has 2 atom stereocenters. The Morgan fingerprint density at radius 1 is 0.974 bits per heavy atom. The van der Waals surface area contributed by atoms with E-state index in [2.05, 4.69) is 28.8 Å². The molecule has 3 aromatic rings. The minimum Gasteiger partial charge on any atom is -0.489 e.